The molecule has 0 aromatic carbocycles. The predicted octanol–water partition coefficient (Wildman–Crippen LogP) is 5.22. The Morgan fingerprint density at radius 2 is 1.76 bits per heavy atom. The Morgan fingerprint density at radius 1 is 1.02 bits per heavy atom. The summed E-state index contributed by atoms with van der Waals surface area (Å²) in [6.07, 6.45) is 4.64. The minimum atomic E-state index is -4.00. The van der Waals surface area contributed by atoms with E-state index in [1.54, 1.807) is 6.07 Å². The number of fused-ring (bicyclic) bond motifs is 1. The first kappa shape index (κ1) is 29.0. The second kappa shape index (κ2) is 11.5. The van der Waals surface area contributed by atoms with Gasteiger partial charge in [0.2, 0.25) is 5.95 Å². The third kappa shape index (κ3) is 6.91. The molecular formula is C30H37F3N6O3. The van der Waals surface area contributed by atoms with Gasteiger partial charge in [0.1, 0.15) is 11.6 Å². The van der Waals surface area contributed by atoms with Crippen LogP contribution in [-0.2, 0) is 15.9 Å². The fourth-order valence-electron chi connectivity index (χ4n) is 5.58. The number of hydrogen-bond acceptors (Lipinski definition) is 8. The van der Waals surface area contributed by atoms with Crippen molar-refractivity contribution in [2.75, 3.05) is 31.2 Å². The predicted molar refractivity (Wildman–Crippen MR) is 151 cm³/mol. The van der Waals surface area contributed by atoms with Crippen LogP contribution in [0.2, 0.25) is 0 Å². The van der Waals surface area contributed by atoms with Gasteiger partial charge in [-0.05, 0) is 57.1 Å². The van der Waals surface area contributed by atoms with E-state index in [2.05, 4.69) is 11.8 Å². The zero-order valence-electron chi connectivity index (χ0n) is 24.2. The van der Waals surface area contributed by atoms with Crippen LogP contribution in [0.1, 0.15) is 86.7 Å². The summed E-state index contributed by atoms with van der Waals surface area (Å²) in [4.78, 5) is 34.6. The lowest BCUT2D eigenvalue weighted by Gasteiger charge is -2.37. The van der Waals surface area contributed by atoms with Crippen LogP contribution in [0.3, 0.4) is 0 Å². The van der Waals surface area contributed by atoms with Crippen molar-refractivity contribution in [1.29, 1.82) is 0 Å². The van der Waals surface area contributed by atoms with Crippen LogP contribution < -0.4 is 10.5 Å². The number of morpholine rings is 1. The van der Waals surface area contributed by atoms with E-state index in [1.165, 1.54) is 12.8 Å². The van der Waals surface area contributed by atoms with Gasteiger partial charge < -0.3 is 18.9 Å². The number of halogens is 3. The number of ether oxygens (including phenoxy) is 2. The maximum atomic E-state index is 12.3. The monoisotopic (exact) mass is 586 g/mol. The highest BCUT2D eigenvalue weighted by Crippen LogP contribution is 2.36. The van der Waals surface area contributed by atoms with Gasteiger partial charge in [-0.3, -0.25) is 4.79 Å². The molecule has 226 valence electrons. The molecule has 4 fully saturated rings. The standard InChI is InChI=1S/C28H34N6O3.C2H3F3/c1-16-11-33(13-23(37-16)19-6-10-24(35)34(12-19)21-7-8-21)28-30-22(9-5-18-3-4-18)26-27(32-28)29-17(2)25(31-26)20-14-36-15-20;1-2(3,4)5/h6,10,12,16,18,20-21,23H,3-5,7-9,11,13-15H2,1-2H3;1H3. The van der Waals surface area contributed by atoms with Crippen LogP contribution in [0.5, 0.6) is 0 Å². The molecule has 2 aliphatic heterocycles. The van der Waals surface area contributed by atoms with Gasteiger partial charge in [-0.1, -0.05) is 12.8 Å². The van der Waals surface area contributed by atoms with E-state index in [1.807, 2.05) is 23.8 Å². The molecular weight excluding hydrogens is 549 g/mol. The van der Waals surface area contributed by atoms with Crippen molar-refractivity contribution < 1.29 is 22.6 Å². The number of rotatable bonds is 7. The van der Waals surface area contributed by atoms with E-state index in [0.29, 0.717) is 49.9 Å². The molecule has 5 heterocycles. The van der Waals surface area contributed by atoms with E-state index < -0.39 is 6.18 Å². The molecule has 3 aromatic heterocycles. The minimum absolute atomic E-state index is 0.00285. The van der Waals surface area contributed by atoms with E-state index >= 15 is 0 Å². The Bertz CT molecular complexity index is 1490. The van der Waals surface area contributed by atoms with Crippen LogP contribution in [0.25, 0.3) is 11.2 Å². The van der Waals surface area contributed by atoms with Gasteiger partial charge >= 0.3 is 6.18 Å². The number of aromatic nitrogens is 5. The summed E-state index contributed by atoms with van der Waals surface area (Å²) in [6.45, 7) is 7.04. The maximum absolute atomic E-state index is 12.3. The lowest BCUT2D eigenvalue weighted by Crippen LogP contribution is -2.44. The van der Waals surface area contributed by atoms with Crippen LogP contribution in [0.15, 0.2) is 23.1 Å². The lowest BCUT2D eigenvalue weighted by molar-refractivity contribution is -0.110. The number of anilines is 1. The van der Waals surface area contributed by atoms with Gasteiger partial charge in [-0.25, -0.2) is 15.0 Å². The number of nitrogens with zero attached hydrogens (tertiary/aromatic N) is 6. The number of hydrogen-bond donors (Lipinski definition) is 0. The Labute approximate surface area is 242 Å². The van der Waals surface area contributed by atoms with Gasteiger partial charge in [0.25, 0.3) is 5.56 Å². The first-order valence-corrected chi connectivity index (χ1v) is 14.8. The van der Waals surface area contributed by atoms with E-state index in [0.717, 1.165) is 59.8 Å². The summed E-state index contributed by atoms with van der Waals surface area (Å²) < 4.78 is 44.7. The van der Waals surface area contributed by atoms with Crippen molar-refractivity contribution in [3.8, 4) is 0 Å². The molecule has 2 unspecified atom stereocenters. The van der Waals surface area contributed by atoms with Crippen molar-refractivity contribution in [1.82, 2.24) is 24.5 Å². The highest BCUT2D eigenvalue weighted by molar-refractivity contribution is 5.74. The molecule has 0 amide bonds. The summed E-state index contributed by atoms with van der Waals surface area (Å²) in [6, 6.07) is 3.91. The summed E-state index contributed by atoms with van der Waals surface area (Å²) in [5.74, 6) is 1.82. The van der Waals surface area contributed by atoms with Gasteiger partial charge in [0.05, 0.1) is 42.9 Å². The molecule has 0 spiro atoms. The fraction of sp³-hybridized carbons (Fsp3) is 0.633. The normalized spacial score (nSPS) is 23.0. The highest BCUT2D eigenvalue weighted by atomic mass is 19.4. The van der Waals surface area contributed by atoms with Crippen molar-refractivity contribution in [2.24, 2.45) is 5.92 Å². The van der Waals surface area contributed by atoms with Gasteiger partial charge in [-0.2, -0.15) is 18.2 Å². The van der Waals surface area contributed by atoms with E-state index in [-0.39, 0.29) is 24.7 Å². The average Bonchev–Trinajstić information content (AvgIpc) is 3.80. The smallest absolute Gasteiger partial charge is 0.380 e. The van der Waals surface area contributed by atoms with E-state index in [9.17, 15) is 18.0 Å². The Balaban J connectivity index is 0.000000585. The van der Waals surface area contributed by atoms with Crippen molar-refractivity contribution in [2.45, 2.75) is 89.6 Å². The quantitative estimate of drug-likeness (QED) is 0.372. The third-order valence-corrected chi connectivity index (χ3v) is 8.13. The van der Waals surface area contributed by atoms with Crippen molar-refractivity contribution in [3.05, 3.63) is 51.3 Å². The summed E-state index contributed by atoms with van der Waals surface area (Å²) in [5, 5.41) is 0. The average molecular weight is 587 g/mol. The maximum Gasteiger partial charge on any atom is 0.386 e. The topological polar surface area (TPSA) is 95.3 Å². The largest absolute Gasteiger partial charge is 0.386 e. The molecule has 2 atom stereocenters. The molecule has 2 saturated heterocycles. The molecule has 42 heavy (non-hydrogen) atoms. The molecule has 12 heteroatoms. The van der Waals surface area contributed by atoms with Crippen LogP contribution in [0, 0.1) is 12.8 Å². The molecule has 2 aliphatic carbocycles. The third-order valence-electron chi connectivity index (χ3n) is 8.13. The van der Waals surface area contributed by atoms with Crippen LogP contribution >= 0.6 is 0 Å². The van der Waals surface area contributed by atoms with Gasteiger partial charge in [-0.15, -0.1) is 0 Å². The molecule has 0 bridgehead atoms. The molecule has 2 saturated carbocycles. The Morgan fingerprint density at radius 3 is 2.40 bits per heavy atom. The molecule has 0 radical (unpaired) electrons. The Kier molecular flexibility index (Phi) is 7.95. The minimum Gasteiger partial charge on any atom is -0.380 e. The SMILES string of the molecule is CC(F)(F)F.Cc1nc2nc(N3CC(C)OC(c4ccc(=O)n(C5CC5)c4)C3)nc(CCC3CC3)c2nc1C1COC1. The molecule has 7 rings (SSSR count). The Hall–Kier alpha value is -3.12. The second-order valence-electron chi connectivity index (χ2n) is 12.1. The molecule has 3 aromatic rings. The summed E-state index contributed by atoms with van der Waals surface area (Å²) in [7, 11) is 0. The van der Waals surface area contributed by atoms with Crippen molar-refractivity contribution >= 4 is 17.1 Å². The number of pyridine rings is 1. The zero-order chi connectivity index (χ0) is 29.6. The van der Waals surface area contributed by atoms with E-state index in [4.69, 9.17) is 29.4 Å². The van der Waals surface area contributed by atoms with Crippen LogP contribution in [-0.4, -0.2) is 63.1 Å². The lowest BCUT2D eigenvalue weighted by atomic mass is 10.0. The number of alkyl halides is 3. The molecule has 0 N–H and O–H groups in total. The summed E-state index contributed by atoms with van der Waals surface area (Å²) in [5.41, 5.74) is 5.55. The number of aryl methyl sites for hydroxylation is 2. The van der Waals surface area contributed by atoms with Crippen molar-refractivity contribution in [3.63, 3.8) is 0 Å². The van der Waals surface area contributed by atoms with Crippen LogP contribution in [0.4, 0.5) is 19.1 Å². The fourth-order valence-corrected chi connectivity index (χ4v) is 5.58. The molecule has 9 nitrogen and oxygen atoms in total. The zero-order valence-corrected chi connectivity index (χ0v) is 24.2. The van der Waals surface area contributed by atoms with Gasteiger partial charge in [0.15, 0.2) is 5.65 Å². The first-order valence-electron chi connectivity index (χ1n) is 14.8. The summed E-state index contributed by atoms with van der Waals surface area (Å²) >= 11 is 0. The van der Waals surface area contributed by atoms with Gasteiger partial charge in [0, 0.05) is 37.7 Å². The second-order valence-corrected chi connectivity index (χ2v) is 12.1. The first-order chi connectivity index (χ1) is 20.0. The molecule has 4 aliphatic rings. The highest BCUT2D eigenvalue weighted by Gasteiger charge is 2.32.